The monoisotopic (exact) mass is 227 g/mol. The van der Waals surface area contributed by atoms with Crippen LogP contribution in [-0.4, -0.2) is 18.1 Å². The molecule has 1 rings (SSSR count). The van der Waals surface area contributed by atoms with Crippen molar-refractivity contribution in [3.05, 3.63) is 11.1 Å². The van der Waals surface area contributed by atoms with Gasteiger partial charge in [0.1, 0.15) is 0 Å². The first-order chi connectivity index (χ1) is 7.07. The van der Waals surface area contributed by atoms with Gasteiger partial charge in [0.25, 0.3) is 0 Å². The quantitative estimate of drug-likeness (QED) is 0.785. The van der Waals surface area contributed by atoms with Crippen LogP contribution >= 0.6 is 11.3 Å². The molecule has 86 valence electrons. The van der Waals surface area contributed by atoms with Crippen molar-refractivity contribution in [1.29, 1.82) is 0 Å². The molecule has 3 N–H and O–H groups in total. The third-order valence-electron chi connectivity index (χ3n) is 2.45. The molecule has 15 heavy (non-hydrogen) atoms. The second kappa shape index (κ2) is 5.47. The maximum atomic E-state index is 5.57. The molecule has 3 nitrogen and oxygen atoms in total. The normalized spacial score (nSPS) is 11.7. The molecule has 0 radical (unpaired) electrons. The number of nitrogens with zero attached hydrogens (tertiary/aromatic N) is 1. The molecule has 0 aliphatic carbocycles. The van der Waals surface area contributed by atoms with Crippen molar-refractivity contribution in [3.63, 3.8) is 0 Å². The van der Waals surface area contributed by atoms with E-state index in [4.69, 9.17) is 5.73 Å². The van der Waals surface area contributed by atoms with E-state index in [-0.39, 0.29) is 5.41 Å². The Morgan fingerprint density at radius 2 is 2.27 bits per heavy atom. The molecule has 0 aromatic carbocycles. The van der Waals surface area contributed by atoms with Crippen molar-refractivity contribution < 1.29 is 0 Å². The van der Waals surface area contributed by atoms with Crippen LogP contribution in [0.1, 0.15) is 32.9 Å². The van der Waals surface area contributed by atoms with Crippen LogP contribution in [0.25, 0.3) is 0 Å². The fraction of sp³-hybridized carbons (Fsp3) is 0.727. The lowest BCUT2D eigenvalue weighted by Crippen LogP contribution is -2.26. The van der Waals surface area contributed by atoms with E-state index in [9.17, 15) is 0 Å². The maximum absolute atomic E-state index is 5.57. The zero-order valence-electron chi connectivity index (χ0n) is 9.84. The number of aromatic nitrogens is 1. The number of anilines is 1. The Morgan fingerprint density at radius 1 is 1.53 bits per heavy atom. The molecule has 1 aromatic rings. The molecule has 1 heterocycles. The minimum absolute atomic E-state index is 0.243. The highest BCUT2D eigenvalue weighted by Gasteiger charge is 2.16. The SMILES string of the molecule is CCc1csc(NCC(C)(C)CCN)n1. The van der Waals surface area contributed by atoms with Crippen LogP contribution in [0.3, 0.4) is 0 Å². The Bertz CT molecular complexity index is 294. The largest absolute Gasteiger partial charge is 0.361 e. The van der Waals surface area contributed by atoms with E-state index in [1.807, 2.05) is 0 Å². The van der Waals surface area contributed by atoms with Crippen LogP contribution in [0.15, 0.2) is 5.38 Å². The summed E-state index contributed by atoms with van der Waals surface area (Å²) >= 11 is 1.68. The molecule has 4 heteroatoms. The highest BCUT2D eigenvalue weighted by molar-refractivity contribution is 7.13. The lowest BCUT2D eigenvalue weighted by molar-refractivity contribution is 0.365. The second-order valence-electron chi connectivity index (χ2n) is 4.55. The third-order valence-corrected chi connectivity index (χ3v) is 3.30. The topological polar surface area (TPSA) is 50.9 Å². The molecule has 0 bridgehead atoms. The highest BCUT2D eigenvalue weighted by atomic mass is 32.1. The summed E-state index contributed by atoms with van der Waals surface area (Å²) in [6.07, 6.45) is 2.04. The first-order valence-corrected chi connectivity index (χ1v) is 6.33. The predicted molar refractivity (Wildman–Crippen MR) is 67.4 cm³/mol. The van der Waals surface area contributed by atoms with Crippen molar-refractivity contribution in [2.75, 3.05) is 18.4 Å². The van der Waals surface area contributed by atoms with E-state index >= 15 is 0 Å². The van der Waals surface area contributed by atoms with Crippen molar-refractivity contribution in [1.82, 2.24) is 4.98 Å². The first-order valence-electron chi connectivity index (χ1n) is 5.46. The number of hydrogen-bond acceptors (Lipinski definition) is 4. The number of hydrogen-bond donors (Lipinski definition) is 2. The second-order valence-corrected chi connectivity index (χ2v) is 5.41. The van der Waals surface area contributed by atoms with Gasteiger partial charge >= 0.3 is 0 Å². The fourth-order valence-corrected chi connectivity index (χ4v) is 2.14. The summed E-state index contributed by atoms with van der Waals surface area (Å²) in [4.78, 5) is 4.47. The van der Waals surface area contributed by atoms with E-state index in [0.29, 0.717) is 0 Å². The summed E-state index contributed by atoms with van der Waals surface area (Å²) in [5.41, 5.74) is 6.98. The Labute approximate surface area is 96.1 Å². The van der Waals surface area contributed by atoms with E-state index in [2.05, 4.69) is 36.5 Å². The Balaban J connectivity index is 2.42. The molecular formula is C11H21N3S. The van der Waals surface area contributed by atoms with Gasteiger partial charge in [-0.05, 0) is 24.8 Å². The molecule has 0 fully saturated rings. The van der Waals surface area contributed by atoms with Gasteiger partial charge in [0.2, 0.25) is 0 Å². The van der Waals surface area contributed by atoms with Gasteiger partial charge in [0.05, 0.1) is 5.69 Å². The molecule has 1 aromatic heterocycles. The molecule has 0 atom stereocenters. The van der Waals surface area contributed by atoms with Crippen LogP contribution in [0, 0.1) is 5.41 Å². The number of rotatable bonds is 6. The van der Waals surface area contributed by atoms with E-state index in [0.717, 1.165) is 31.1 Å². The molecule has 0 aliphatic rings. The minimum Gasteiger partial charge on any atom is -0.361 e. The minimum atomic E-state index is 0.243. The van der Waals surface area contributed by atoms with Gasteiger partial charge in [-0.3, -0.25) is 0 Å². The molecule has 0 saturated carbocycles. The van der Waals surface area contributed by atoms with Gasteiger partial charge in [-0.2, -0.15) is 0 Å². The van der Waals surface area contributed by atoms with Gasteiger partial charge in [-0.1, -0.05) is 20.8 Å². The zero-order chi connectivity index (χ0) is 11.3. The van der Waals surface area contributed by atoms with E-state index in [1.54, 1.807) is 11.3 Å². The van der Waals surface area contributed by atoms with Crippen molar-refractivity contribution in [2.24, 2.45) is 11.1 Å². The fourth-order valence-electron chi connectivity index (χ4n) is 1.34. The van der Waals surface area contributed by atoms with E-state index in [1.165, 1.54) is 5.69 Å². The Morgan fingerprint density at radius 3 is 2.80 bits per heavy atom. The molecule has 0 aliphatic heterocycles. The van der Waals surface area contributed by atoms with Crippen LogP contribution < -0.4 is 11.1 Å². The van der Waals surface area contributed by atoms with Crippen molar-refractivity contribution in [3.8, 4) is 0 Å². The summed E-state index contributed by atoms with van der Waals surface area (Å²) in [6, 6.07) is 0. The first kappa shape index (κ1) is 12.5. The summed E-state index contributed by atoms with van der Waals surface area (Å²) in [7, 11) is 0. The van der Waals surface area contributed by atoms with Crippen molar-refractivity contribution >= 4 is 16.5 Å². The van der Waals surface area contributed by atoms with E-state index < -0.39 is 0 Å². The molecular weight excluding hydrogens is 206 g/mol. The maximum Gasteiger partial charge on any atom is 0.182 e. The summed E-state index contributed by atoms with van der Waals surface area (Å²) in [5.74, 6) is 0. The smallest absolute Gasteiger partial charge is 0.182 e. The lowest BCUT2D eigenvalue weighted by atomic mass is 9.89. The van der Waals surface area contributed by atoms with Crippen LogP contribution in [0.5, 0.6) is 0 Å². The average Bonchev–Trinajstić information content (AvgIpc) is 2.62. The van der Waals surface area contributed by atoms with Crippen LogP contribution in [0.2, 0.25) is 0 Å². The zero-order valence-corrected chi connectivity index (χ0v) is 10.7. The van der Waals surface area contributed by atoms with Crippen molar-refractivity contribution in [2.45, 2.75) is 33.6 Å². The lowest BCUT2D eigenvalue weighted by Gasteiger charge is -2.23. The van der Waals surface area contributed by atoms with Gasteiger partial charge in [0, 0.05) is 11.9 Å². The molecule has 0 unspecified atom stereocenters. The molecule has 0 saturated heterocycles. The number of aryl methyl sites for hydroxylation is 1. The summed E-state index contributed by atoms with van der Waals surface area (Å²) < 4.78 is 0. The van der Waals surface area contributed by atoms with Gasteiger partial charge in [-0.15, -0.1) is 11.3 Å². The Hall–Kier alpha value is -0.610. The molecule has 0 spiro atoms. The number of thiazole rings is 1. The van der Waals surface area contributed by atoms with Gasteiger partial charge < -0.3 is 11.1 Å². The molecule has 0 amide bonds. The van der Waals surface area contributed by atoms with Crippen LogP contribution in [0.4, 0.5) is 5.13 Å². The summed E-state index contributed by atoms with van der Waals surface area (Å²) in [5, 5.41) is 6.51. The summed E-state index contributed by atoms with van der Waals surface area (Å²) in [6.45, 7) is 8.24. The standard InChI is InChI=1S/C11H21N3S/c1-4-9-7-15-10(14-9)13-8-11(2,3)5-6-12/h7H,4-6,8,12H2,1-3H3,(H,13,14). The van der Waals surface area contributed by atoms with Crippen LogP contribution in [-0.2, 0) is 6.42 Å². The van der Waals surface area contributed by atoms with Gasteiger partial charge in [0.15, 0.2) is 5.13 Å². The predicted octanol–water partition coefficient (Wildman–Crippen LogP) is 2.49. The third kappa shape index (κ3) is 4.18. The highest BCUT2D eigenvalue weighted by Crippen LogP contribution is 2.22. The number of nitrogens with two attached hydrogens (primary N) is 1. The van der Waals surface area contributed by atoms with Gasteiger partial charge in [-0.25, -0.2) is 4.98 Å². The Kier molecular flexibility index (Phi) is 4.54. The number of nitrogens with one attached hydrogen (secondary N) is 1. The average molecular weight is 227 g/mol.